The molecule has 2 fully saturated rings. The zero-order chi connectivity index (χ0) is 15.2. The van der Waals surface area contributed by atoms with Gasteiger partial charge in [0.25, 0.3) is 0 Å². The van der Waals surface area contributed by atoms with Crippen LogP contribution in [-0.4, -0.2) is 29.6 Å². The van der Waals surface area contributed by atoms with Crippen molar-refractivity contribution in [1.29, 1.82) is 0 Å². The Kier molecular flexibility index (Phi) is 3.28. The Morgan fingerprint density at radius 1 is 1.27 bits per heavy atom. The fraction of sp³-hybridized carbons (Fsp3) is 0.611. The quantitative estimate of drug-likeness (QED) is 0.906. The summed E-state index contributed by atoms with van der Waals surface area (Å²) in [7, 11) is 1.92. The van der Waals surface area contributed by atoms with Crippen molar-refractivity contribution in [2.24, 2.45) is 0 Å². The number of hydrogen-bond acceptors (Lipinski definition) is 2. The highest BCUT2D eigenvalue weighted by Crippen LogP contribution is 2.48. The number of nitrogens with one attached hydrogen (secondary N) is 1. The van der Waals surface area contributed by atoms with Crippen molar-refractivity contribution < 1.29 is 9.53 Å². The van der Waals surface area contributed by atoms with E-state index in [9.17, 15) is 4.79 Å². The molecule has 0 bridgehead atoms. The van der Waals surface area contributed by atoms with Crippen LogP contribution in [0.3, 0.4) is 0 Å². The van der Waals surface area contributed by atoms with Gasteiger partial charge in [-0.1, -0.05) is 18.2 Å². The molecule has 4 heteroatoms. The van der Waals surface area contributed by atoms with E-state index < -0.39 is 0 Å². The average molecular weight is 300 g/mol. The molecule has 4 rings (SSSR count). The maximum atomic E-state index is 12.5. The standard InChI is InChI=1S/C18H24N2O2/c1-20(13-6-4-7-13)17(21)19-15-12-18(10-5-11-18)22-16-9-3-2-8-14(15)16/h2-3,8-9,13,15H,4-7,10-12H2,1H3,(H,19,21). The minimum atomic E-state index is -0.0403. The first-order valence-corrected chi connectivity index (χ1v) is 8.48. The summed E-state index contributed by atoms with van der Waals surface area (Å²) in [5, 5.41) is 3.25. The van der Waals surface area contributed by atoms with E-state index in [2.05, 4.69) is 11.4 Å². The van der Waals surface area contributed by atoms with Gasteiger partial charge in [-0.2, -0.15) is 0 Å². The number of nitrogens with zero attached hydrogens (tertiary/aromatic N) is 1. The van der Waals surface area contributed by atoms with Crippen LogP contribution in [0.4, 0.5) is 4.79 Å². The van der Waals surface area contributed by atoms with Gasteiger partial charge >= 0.3 is 6.03 Å². The van der Waals surface area contributed by atoms with E-state index in [1.54, 1.807) is 0 Å². The van der Waals surface area contributed by atoms with Crippen LogP contribution in [0.1, 0.15) is 56.6 Å². The summed E-state index contributed by atoms with van der Waals surface area (Å²) in [4.78, 5) is 14.4. The summed E-state index contributed by atoms with van der Waals surface area (Å²) in [5.74, 6) is 0.949. The van der Waals surface area contributed by atoms with Crippen LogP contribution in [-0.2, 0) is 0 Å². The van der Waals surface area contributed by atoms with Gasteiger partial charge in [-0.15, -0.1) is 0 Å². The Hall–Kier alpha value is -1.71. The predicted octanol–water partition coefficient (Wildman–Crippen LogP) is 3.63. The van der Waals surface area contributed by atoms with E-state index in [4.69, 9.17) is 4.74 Å². The van der Waals surface area contributed by atoms with E-state index in [0.29, 0.717) is 6.04 Å². The molecule has 1 aromatic rings. The molecule has 2 aliphatic carbocycles. The molecule has 3 aliphatic rings. The van der Waals surface area contributed by atoms with Crippen molar-refractivity contribution in [2.75, 3.05) is 7.05 Å². The Bertz CT molecular complexity index is 578. The number of fused-ring (bicyclic) bond motifs is 1. The number of carbonyl (C=O) groups excluding carboxylic acids is 1. The minimum Gasteiger partial charge on any atom is -0.487 e. The number of benzene rings is 1. The number of amides is 2. The summed E-state index contributed by atoms with van der Waals surface area (Å²) in [6.07, 6.45) is 7.85. The second-order valence-corrected chi connectivity index (χ2v) is 7.08. The van der Waals surface area contributed by atoms with Crippen LogP contribution >= 0.6 is 0 Å². The summed E-state index contributed by atoms with van der Waals surface area (Å²) in [6.45, 7) is 0. The number of carbonyl (C=O) groups is 1. The normalized spacial score (nSPS) is 25.4. The van der Waals surface area contributed by atoms with E-state index in [-0.39, 0.29) is 17.7 Å². The third-order valence-electron chi connectivity index (χ3n) is 5.70. The van der Waals surface area contributed by atoms with Gasteiger partial charge in [0, 0.05) is 25.1 Å². The van der Waals surface area contributed by atoms with Crippen molar-refractivity contribution in [2.45, 2.75) is 62.6 Å². The summed E-state index contributed by atoms with van der Waals surface area (Å²) >= 11 is 0. The summed E-state index contributed by atoms with van der Waals surface area (Å²) < 4.78 is 6.24. The molecule has 118 valence electrons. The Morgan fingerprint density at radius 3 is 2.68 bits per heavy atom. The molecule has 4 nitrogen and oxygen atoms in total. The molecule has 0 saturated heterocycles. The average Bonchev–Trinajstić information content (AvgIpc) is 2.43. The Balaban J connectivity index is 1.53. The lowest BCUT2D eigenvalue weighted by Gasteiger charge is -2.48. The highest BCUT2D eigenvalue weighted by molar-refractivity contribution is 5.75. The van der Waals surface area contributed by atoms with E-state index >= 15 is 0 Å². The lowest BCUT2D eigenvalue weighted by molar-refractivity contribution is -0.0360. The topological polar surface area (TPSA) is 41.6 Å². The van der Waals surface area contributed by atoms with Gasteiger partial charge in [0.2, 0.25) is 0 Å². The maximum Gasteiger partial charge on any atom is 0.317 e. The molecular weight excluding hydrogens is 276 g/mol. The minimum absolute atomic E-state index is 0.0403. The number of hydrogen-bond donors (Lipinski definition) is 1. The van der Waals surface area contributed by atoms with E-state index in [0.717, 1.165) is 43.4 Å². The molecule has 1 heterocycles. The Labute approximate surface area is 131 Å². The van der Waals surface area contributed by atoms with Crippen molar-refractivity contribution in [3.8, 4) is 5.75 Å². The monoisotopic (exact) mass is 300 g/mol. The molecule has 2 amide bonds. The van der Waals surface area contributed by atoms with Gasteiger partial charge in [-0.05, 0) is 44.6 Å². The second kappa shape index (κ2) is 5.18. The Morgan fingerprint density at radius 2 is 2.05 bits per heavy atom. The first kappa shape index (κ1) is 13.9. The highest BCUT2D eigenvalue weighted by Gasteiger charge is 2.46. The third-order valence-corrected chi connectivity index (χ3v) is 5.70. The summed E-state index contributed by atoms with van der Waals surface area (Å²) in [5.41, 5.74) is 1.08. The molecule has 1 unspecified atom stereocenters. The van der Waals surface area contributed by atoms with Gasteiger partial charge < -0.3 is 15.0 Å². The van der Waals surface area contributed by atoms with Gasteiger partial charge in [0.05, 0.1) is 6.04 Å². The first-order chi connectivity index (χ1) is 10.7. The van der Waals surface area contributed by atoms with Crippen LogP contribution in [0.15, 0.2) is 24.3 Å². The second-order valence-electron chi connectivity index (χ2n) is 7.08. The number of para-hydroxylation sites is 1. The molecule has 0 radical (unpaired) electrons. The molecule has 1 aliphatic heterocycles. The van der Waals surface area contributed by atoms with Crippen molar-refractivity contribution in [3.05, 3.63) is 29.8 Å². The SMILES string of the molecule is CN(C(=O)NC1CC2(CCC2)Oc2ccccc21)C1CCC1. The molecule has 2 saturated carbocycles. The van der Waals surface area contributed by atoms with E-state index in [1.165, 1.54) is 12.8 Å². The van der Waals surface area contributed by atoms with Crippen LogP contribution in [0, 0.1) is 0 Å². The third kappa shape index (κ3) is 2.25. The molecular formula is C18H24N2O2. The largest absolute Gasteiger partial charge is 0.487 e. The molecule has 1 atom stereocenters. The predicted molar refractivity (Wildman–Crippen MR) is 84.9 cm³/mol. The molecule has 0 aromatic heterocycles. The van der Waals surface area contributed by atoms with Crippen molar-refractivity contribution in [1.82, 2.24) is 10.2 Å². The number of urea groups is 1. The van der Waals surface area contributed by atoms with Gasteiger partial charge in [-0.3, -0.25) is 0 Å². The zero-order valence-corrected chi connectivity index (χ0v) is 13.2. The highest BCUT2D eigenvalue weighted by atomic mass is 16.5. The van der Waals surface area contributed by atoms with Crippen molar-refractivity contribution >= 4 is 6.03 Å². The molecule has 1 aromatic carbocycles. The van der Waals surface area contributed by atoms with Crippen molar-refractivity contribution in [3.63, 3.8) is 0 Å². The van der Waals surface area contributed by atoms with Crippen LogP contribution in [0.5, 0.6) is 5.75 Å². The van der Waals surface area contributed by atoms with Gasteiger partial charge in [0.1, 0.15) is 11.4 Å². The van der Waals surface area contributed by atoms with Crippen LogP contribution in [0.25, 0.3) is 0 Å². The lowest BCUT2D eigenvalue weighted by atomic mass is 9.73. The zero-order valence-electron chi connectivity index (χ0n) is 13.2. The fourth-order valence-corrected chi connectivity index (χ4v) is 3.82. The molecule has 1 N–H and O–H groups in total. The van der Waals surface area contributed by atoms with Gasteiger partial charge in [0.15, 0.2) is 0 Å². The van der Waals surface area contributed by atoms with Crippen LogP contribution < -0.4 is 10.1 Å². The molecule has 1 spiro atoms. The fourth-order valence-electron chi connectivity index (χ4n) is 3.82. The number of ether oxygens (including phenoxy) is 1. The van der Waals surface area contributed by atoms with Gasteiger partial charge in [-0.25, -0.2) is 4.79 Å². The first-order valence-electron chi connectivity index (χ1n) is 8.48. The summed E-state index contributed by atoms with van der Waals surface area (Å²) in [6, 6.07) is 8.69. The smallest absolute Gasteiger partial charge is 0.317 e. The lowest BCUT2D eigenvalue weighted by Crippen LogP contribution is -2.52. The molecule has 22 heavy (non-hydrogen) atoms. The number of rotatable bonds is 2. The van der Waals surface area contributed by atoms with Crippen LogP contribution in [0.2, 0.25) is 0 Å². The maximum absolute atomic E-state index is 12.5. The van der Waals surface area contributed by atoms with E-state index in [1.807, 2.05) is 30.1 Å².